The van der Waals surface area contributed by atoms with Crippen molar-refractivity contribution in [2.45, 2.75) is 31.8 Å². The molecule has 8 heteroatoms. The van der Waals surface area contributed by atoms with Crippen LogP contribution in [0, 0.1) is 0 Å². The molecule has 1 aliphatic heterocycles. The molecule has 0 aromatic heterocycles. The number of ether oxygens (including phenoxy) is 1. The van der Waals surface area contributed by atoms with E-state index in [0.29, 0.717) is 19.7 Å². The third-order valence-corrected chi connectivity index (χ3v) is 6.05. The van der Waals surface area contributed by atoms with Crippen LogP contribution in [0.5, 0.6) is 0 Å². The summed E-state index contributed by atoms with van der Waals surface area (Å²) in [4.78, 5) is 26.7. The smallest absolute Gasteiger partial charge is 0.409 e. The van der Waals surface area contributed by atoms with E-state index in [4.69, 9.17) is 9.94 Å². The van der Waals surface area contributed by atoms with E-state index in [0.717, 1.165) is 30.5 Å². The quantitative estimate of drug-likeness (QED) is 0.279. The number of fused-ring (bicyclic) bond motifs is 1. The van der Waals surface area contributed by atoms with Gasteiger partial charge >= 0.3 is 6.09 Å². The number of allylic oxidation sites excluding steroid dienone is 2. The van der Waals surface area contributed by atoms with E-state index >= 15 is 0 Å². The molecule has 0 radical (unpaired) electrons. The maximum Gasteiger partial charge on any atom is 0.409 e. The maximum atomic E-state index is 11.8. The average molecular weight is 467 g/mol. The molecule has 0 fully saturated rings. The number of nitrogens with zero attached hydrogens (tertiary/aromatic N) is 2. The highest BCUT2D eigenvalue weighted by molar-refractivity contribution is 5.90. The SMILES string of the molecule is CN(C)C(=O)OCCN(CCC1=CNC2(C)CC=CC=C12)Cc1ccc(/C=C/C(=O)NO)cc1. The number of rotatable bonds is 10. The van der Waals surface area contributed by atoms with Gasteiger partial charge in [0.2, 0.25) is 0 Å². The minimum Gasteiger partial charge on any atom is -0.448 e. The summed E-state index contributed by atoms with van der Waals surface area (Å²) < 4.78 is 5.36. The van der Waals surface area contributed by atoms with Gasteiger partial charge in [-0.05, 0) is 48.1 Å². The molecule has 2 aliphatic rings. The normalized spacial score (nSPS) is 18.9. The molecule has 0 saturated carbocycles. The number of nitrogens with one attached hydrogen (secondary N) is 2. The molecule has 182 valence electrons. The molecule has 34 heavy (non-hydrogen) atoms. The van der Waals surface area contributed by atoms with Crippen LogP contribution in [-0.4, -0.2) is 66.3 Å². The van der Waals surface area contributed by atoms with Gasteiger partial charge in [0.25, 0.3) is 5.91 Å². The van der Waals surface area contributed by atoms with Crippen molar-refractivity contribution >= 4 is 18.1 Å². The number of amides is 2. The van der Waals surface area contributed by atoms with E-state index < -0.39 is 5.91 Å². The van der Waals surface area contributed by atoms with Crippen molar-refractivity contribution in [1.29, 1.82) is 0 Å². The van der Waals surface area contributed by atoms with Gasteiger partial charge in [-0.15, -0.1) is 0 Å². The fraction of sp³-hybridized carbons (Fsp3) is 0.385. The van der Waals surface area contributed by atoms with Crippen molar-refractivity contribution in [3.63, 3.8) is 0 Å². The van der Waals surface area contributed by atoms with Crippen molar-refractivity contribution in [3.8, 4) is 0 Å². The lowest BCUT2D eigenvalue weighted by atomic mass is 9.83. The van der Waals surface area contributed by atoms with E-state index in [9.17, 15) is 9.59 Å². The molecule has 0 bridgehead atoms. The summed E-state index contributed by atoms with van der Waals surface area (Å²) in [6.45, 7) is 4.69. The molecule has 3 N–H and O–H groups in total. The molecule has 1 unspecified atom stereocenters. The van der Waals surface area contributed by atoms with Crippen molar-refractivity contribution in [3.05, 3.63) is 77.0 Å². The molecule has 3 rings (SSSR count). The number of benzene rings is 1. The third kappa shape index (κ3) is 6.82. The zero-order valence-electron chi connectivity index (χ0n) is 20.1. The third-order valence-electron chi connectivity index (χ3n) is 6.05. The maximum absolute atomic E-state index is 11.8. The second-order valence-corrected chi connectivity index (χ2v) is 8.94. The van der Waals surface area contributed by atoms with Gasteiger partial charge in [0.05, 0.1) is 5.54 Å². The zero-order chi connectivity index (χ0) is 24.6. The van der Waals surface area contributed by atoms with Crippen molar-refractivity contribution < 1.29 is 19.5 Å². The Morgan fingerprint density at radius 1 is 1.24 bits per heavy atom. The Hall–Kier alpha value is -3.36. The first kappa shape index (κ1) is 25.3. The summed E-state index contributed by atoms with van der Waals surface area (Å²) in [7, 11) is 3.34. The van der Waals surface area contributed by atoms with Crippen LogP contribution in [0.4, 0.5) is 4.79 Å². The number of hydrogen-bond acceptors (Lipinski definition) is 6. The Bertz CT molecular complexity index is 995. The molecule has 0 spiro atoms. The van der Waals surface area contributed by atoms with Crippen molar-refractivity contribution in [2.75, 3.05) is 33.8 Å². The van der Waals surface area contributed by atoms with Gasteiger partial charge in [0.1, 0.15) is 6.61 Å². The summed E-state index contributed by atoms with van der Waals surface area (Å²) >= 11 is 0. The summed E-state index contributed by atoms with van der Waals surface area (Å²) in [5, 5.41) is 12.1. The van der Waals surface area contributed by atoms with E-state index in [-0.39, 0.29) is 11.6 Å². The summed E-state index contributed by atoms with van der Waals surface area (Å²) in [5.74, 6) is -0.571. The molecule has 1 aromatic carbocycles. The zero-order valence-corrected chi connectivity index (χ0v) is 20.1. The first-order chi connectivity index (χ1) is 16.3. The Kier molecular flexibility index (Phi) is 8.67. The Morgan fingerprint density at radius 3 is 2.71 bits per heavy atom. The molecule has 1 aromatic rings. The second kappa shape index (κ2) is 11.7. The highest BCUT2D eigenvalue weighted by Crippen LogP contribution is 2.36. The minimum absolute atomic E-state index is 0.0214. The summed E-state index contributed by atoms with van der Waals surface area (Å²) in [6, 6.07) is 7.87. The van der Waals surface area contributed by atoms with Crippen molar-refractivity contribution in [2.24, 2.45) is 0 Å². The Labute approximate surface area is 201 Å². The standard InChI is InChI=1S/C26H34N4O4/c1-26-14-5-4-6-23(26)22(18-27-26)13-15-30(16-17-34-25(32)29(2)3)19-21-9-7-20(8-10-21)11-12-24(31)28-33/h4-12,18,27,33H,13-17,19H2,1-3H3,(H,28,31)/b12-11+. The molecular weight excluding hydrogens is 432 g/mol. The molecule has 1 aliphatic carbocycles. The van der Waals surface area contributed by atoms with Crippen molar-refractivity contribution in [1.82, 2.24) is 20.6 Å². The van der Waals surface area contributed by atoms with Gasteiger partial charge in [-0.1, -0.05) is 42.5 Å². The molecule has 0 saturated heterocycles. The van der Waals surface area contributed by atoms with Crippen LogP contribution in [0.3, 0.4) is 0 Å². The Morgan fingerprint density at radius 2 is 2.00 bits per heavy atom. The van der Waals surface area contributed by atoms with Gasteiger partial charge < -0.3 is 15.0 Å². The number of hydrogen-bond donors (Lipinski definition) is 3. The van der Waals surface area contributed by atoms with Gasteiger partial charge in [0.15, 0.2) is 0 Å². The minimum atomic E-state index is -0.571. The van der Waals surface area contributed by atoms with Crippen LogP contribution < -0.4 is 10.8 Å². The predicted molar refractivity (Wildman–Crippen MR) is 132 cm³/mol. The number of carbonyl (C=O) groups excluding carboxylic acids is 2. The average Bonchev–Trinajstić information content (AvgIpc) is 3.17. The van der Waals surface area contributed by atoms with Gasteiger partial charge in [0, 0.05) is 46.0 Å². The van der Waals surface area contributed by atoms with Crippen LogP contribution in [-0.2, 0) is 16.1 Å². The number of hydroxylamine groups is 1. The summed E-state index contributed by atoms with van der Waals surface area (Å²) in [6.07, 6.45) is 13.1. The van der Waals surface area contributed by atoms with Gasteiger partial charge in [-0.25, -0.2) is 10.3 Å². The first-order valence-electron chi connectivity index (χ1n) is 11.4. The van der Waals surface area contributed by atoms with E-state index in [2.05, 4.69) is 41.6 Å². The van der Waals surface area contributed by atoms with E-state index in [1.165, 1.54) is 22.1 Å². The summed E-state index contributed by atoms with van der Waals surface area (Å²) in [5.41, 5.74) is 6.18. The number of carbonyl (C=O) groups is 2. The topological polar surface area (TPSA) is 94.1 Å². The van der Waals surface area contributed by atoms with Crippen LogP contribution >= 0.6 is 0 Å². The lowest BCUT2D eigenvalue weighted by Gasteiger charge is -2.29. The van der Waals surface area contributed by atoms with Crippen LogP contribution in [0.25, 0.3) is 6.08 Å². The molecule has 1 heterocycles. The second-order valence-electron chi connectivity index (χ2n) is 8.94. The first-order valence-corrected chi connectivity index (χ1v) is 11.4. The highest BCUT2D eigenvalue weighted by atomic mass is 16.6. The fourth-order valence-corrected chi connectivity index (χ4v) is 4.03. The Balaban J connectivity index is 1.63. The van der Waals surface area contributed by atoms with E-state index in [1.807, 2.05) is 24.3 Å². The molecule has 1 atom stereocenters. The fourth-order valence-electron chi connectivity index (χ4n) is 4.03. The predicted octanol–water partition coefficient (Wildman–Crippen LogP) is 3.23. The molecule has 2 amide bonds. The monoisotopic (exact) mass is 466 g/mol. The van der Waals surface area contributed by atoms with E-state index in [1.54, 1.807) is 25.7 Å². The van der Waals surface area contributed by atoms with Crippen LogP contribution in [0.1, 0.15) is 30.9 Å². The highest BCUT2D eigenvalue weighted by Gasteiger charge is 2.34. The molecule has 8 nitrogen and oxygen atoms in total. The van der Waals surface area contributed by atoms with Gasteiger partial charge in [-0.3, -0.25) is 14.9 Å². The van der Waals surface area contributed by atoms with Crippen LogP contribution in [0.15, 0.2) is 65.9 Å². The van der Waals surface area contributed by atoms with Gasteiger partial charge in [-0.2, -0.15) is 0 Å². The lowest BCUT2D eigenvalue weighted by molar-refractivity contribution is -0.124. The lowest BCUT2D eigenvalue weighted by Crippen LogP contribution is -2.37. The molecular formula is C26H34N4O4. The van der Waals surface area contributed by atoms with Crippen LogP contribution in [0.2, 0.25) is 0 Å². The largest absolute Gasteiger partial charge is 0.448 e.